The zero-order chi connectivity index (χ0) is 80.2. The van der Waals surface area contributed by atoms with E-state index in [-0.39, 0.29) is 5.41 Å². The molecule has 0 saturated carbocycles. The van der Waals surface area contributed by atoms with E-state index in [2.05, 4.69) is 376 Å². The summed E-state index contributed by atoms with van der Waals surface area (Å²) in [4.78, 5) is 2.43. The topological polar surface area (TPSA) is 60.0 Å². The molecule has 4 heterocycles. The van der Waals surface area contributed by atoms with Crippen molar-refractivity contribution in [3.05, 3.63) is 472 Å². The first-order chi connectivity index (χ1) is 59.6. The SMILES string of the molecule is CC1(C)c2ccccc2-c2ccc(N(c3ccc(-c4cccc5oc6ccccc6c45)cc3)c3ccc4c(c3)C3(c5ccccc5O4)c4ccccc4-c4ccccc43)cc21.Clc1ccc2c(c1)C1(c3ccccc3O2)c2ccccc2-c2ccccc21.c1ccc2c(c1)Cc1cc(Nc3ccc(-c4cccc5oc6ccccc6c45)cc3)ccc1-2. The average molecular weight is 1570 g/mol. The Kier molecular flexibility index (Phi) is 15.9. The molecule has 18 aromatic carbocycles. The van der Waals surface area contributed by atoms with Crippen LogP contribution in [-0.2, 0) is 22.7 Å². The van der Waals surface area contributed by atoms with Crippen molar-refractivity contribution in [2.45, 2.75) is 36.5 Å². The van der Waals surface area contributed by atoms with Crippen LogP contribution in [0, 0.1) is 0 Å². The Balaban J connectivity index is 0.000000115. The second kappa shape index (κ2) is 27.3. The van der Waals surface area contributed by atoms with Crippen LogP contribution in [0.4, 0.5) is 28.4 Å². The second-order valence-electron chi connectivity index (χ2n) is 32.9. The highest BCUT2D eigenvalue weighted by molar-refractivity contribution is 6.30. The standard InChI is InChI=1S/C58H39NO2.C31H21NO.C25H15ClO/c1-57(2)46-19-7-3-14-41(46)44-32-30-38(34-50(44)57)59(37-28-26-36(27-29-37)40-18-13-25-55-56(40)45-17-6-11-23-52(45)60-55)39-31-33-54-51(35-39)58(49-22-10-12-24-53(49)61-54)47-20-8-4-15-42(47)43-16-5-9-21-48(43)58;1-2-7-25-21(6-1)18-22-19-24(16-17-26(22)25)32-23-14-12-20(13-15-23)27-9-5-11-30-31(27)28-8-3-4-10-29(28)33-30;26-16-13-14-24-22(15-16)25(21-11-5-6-12-23(21)27-24)19-9-3-1-7-17(19)18-8-2-4-10-20(18)25/h3-35H,1-2H3;1-17,19,32H,18H2;1-15H. The molecule has 1 N–H and O–H groups in total. The Hall–Kier alpha value is -15.0. The van der Waals surface area contributed by atoms with Gasteiger partial charge in [0, 0.05) is 82.7 Å². The van der Waals surface area contributed by atoms with E-state index in [9.17, 15) is 0 Å². The van der Waals surface area contributed by atoms with Crippen LogP contribution in [0.15, 0.2) is 409 Å². The lowest BCUT2D eigenvalue weighted by atomic mass is 9.66. The molecule has 6 nitrogen and oxygen atoms in total. The average Bonchev–Trinajstić information content (AvgIpc) is 1.50. The molecule has 2 spiro atoms. The molecule has 121 heavy (non-hydrogen) atoms. The first-order valence-corrected chi connectivity index (χ1v) is 41.9. The highest BCUT2D eigenvalue weighted by Gasteiger charge is 2.53. The molecular weight excluding hydrogens is 1500 g/mol. The van der Waals surface area contributed by atoms with Gasteiger partial charge in [0.1, 0.15) is 45.3 Å². The number of nitrogens with one attached hydrogen (secondary N) is 1. The zero-order valence-corrected chi connectivity index (χ0v) is 67.0. The summed E-state index contributed by atoms with van der Waals surface area (Å²) >= 11 is 6.46. The quantitative estimate of drug-likeness (QED) is 0.172. The Morgan fingerprint density at radius 3 is 1.19 bits per heavy atom. The summed E-state index contributed by atoms with van der Waals surface area (Å²) in [6.45, 7) is 4.71. The number of halogens is 1. The Morgan fingerprint density at radius 1 is 0.264 bits per heavy atom. The van der Waals surface area contributed by atoms with Gasteiger partial charge >= 0.3 is 0 Å². The van der Waals surface area contributed by atoms with Gasteiger partial charge in [-0.05, 0) is 239 Å². The number of para-hydroxylation sites is 4. The highest BCUT2D eigenvalue weighted by Crippen LogP contribution is 2.65. The number of fused-ring (bicyclic) bond motifs is 30. The molecule has 4 aliphatic carbocycles. The van der Waals surface area contributed by atoms with Crippen molar-refractivity contribution in [2.24, 2.45) is 0 Å². The van der Waals surface area contributed by atoms with Crippen LogP contribution in [-0.4, -0.2) is 0 Å². The fourth-order valence-electron chi connectivity index (χ4n) is 21.0. The third-order valence-electron chi connectivity index (χ3n) is 26.2. The van der Waals surface area contributed by atoms with Gasteiger partial charge in [0.25, 0.3) is 0 Å². The van der Waals surface area contributed by atoms with Crippen LogP contribution < -0.4 is 19.7 Å². The predicted octanol–water partition coefficient (Wildman–Crippen LogP) is 30.9. The van der Waals surface area contributed by atoms with E-state index in [0.29, 0.717) is 0 Å². The number of hydrogen-bond donors (Lipinski definition) is 1. The molecule has 26 rings (SSSR count). The molecule has 7 heteroatoms. The number of hydrogen-bond acceptors (Lipinski definition) is 6. The third-order valence-corrected chi connectivity index (χ3v) is 26.5. The molecule has 6 aliphatic rings. The summed E-state index contributed by atoms with van der Waals surface area (Å²) in [7, 11) is 0. The van der Waals surface area contributed by atoms with Gasteiger partial charge in [-0.15, -0.1) is 0 Å². The van der Waals surface area contributed by atoms with E-state index in [0.717, 1.165) is 135 Å². The molecule has 0 atom stereocenters. The Morgan fingerprint density at radius 2 is 0.636 bits per heavy atom. The molecule has 0 radical (unpaired) electrons. The van der Waals surface area contributed by atoms with Crippen LogP contribution in [0.2, 0.25) is 5.02 Å². The van der Waals surface area contributed by atoms with Crippen molar-refractivity contribution in [1.29, 1.82) is 0 Å². The van der Waals surface area contributed by atoms with Crippen molar-refractivity contribution in [2.75, 3.05) is 10.2 Å². The molecule has 2 aliphatic heterocycles. The molecule has 0 fully saturated rings. The summed E-state index contributed by atoms with van der Waals surface area (Å²) < 4.78 is 25.5. The molecule has 572 valence electrons. The number of benzene rings is 18. The fourth-order valence-corrected chi connectivity index (χ4v) is 21.2. The van der Waals surface area contributed by atoms with Crippen molar-refractivity contribution in [1.82, 2.24) is 0 Å². The Bertz CT molecular complexity index is 7580. The smallest absolute Gasteiger partial charge is 0.136 e. The summed E-state index contributed by atoms with van der Waals surface area (Å²) in [6, 6.07) is 143. The van der Waals surface area contributed by atoms with E-state index in [1.54, 1.807) is 0 Å². The normalized spacial score (nSPS) is 13.9. The van der Waals surface area contributed by atoms with E-state index in [4.69, 9.17) is 29.9 Å². The van der Waals surface area contributed by atoms with Crippen LogP contribution in [0.3, 0.4) is 0 Å². The van der Waals surface area contributed by atoms with Gasteiger partial charge in [-0.3, -0.25) is 0 Å². The molecule has 0 saturated heterocycles. The van der Waals surface area contributed by atoms with Crippen LogP contribution >= 0.6 is 11.6 Å². The number of ether oxygens (including phenoxy) is 2. The fraction of sp³-hybridized carbons (Fsp3) is 0.0526. The number of rotatable bonds is 7. The summed E-state index contributed by atoms with van der Waals surface area (Å²) in [5, 5.41) is 8.90. The van der Waals surface area contributed by atoms with Gasteiger partial charge in [-0.2, -0.15) is 0 Å². The maximum absolute atomic E-state index is 6.86. The minimum absolute atomic E-state index is 0.155. The Labute approximate surface area is 706 Å². The summed E-state index contributed by atoms with van der Waals surface area (Å²) in [6.07, 6.45) is 1.00. The van der Waals surface area contributed by atoms with E-state index < -0.39 is 10.8 Å². The minimum atomic E-state index is -0.573. The lowest BCUT2D eigenvalue weighted by Gasteiger charge is -2.40. The first kappa shape index (κ1) is 70.3. The van der Waals surface area contributed by atoms with Crippen molar-refractivity contribution in [3.8, 4) is 89.8 Å². The van der Waals surface area contributed by atoms with Crippen LogP contribution in [0.25, 0.3) is 111 Å². The highest BCUT2D eigenvalue weighted by atomic mass is 35.5. The predicted molar refractivity (Wildman–Crippen MR) is 495 cm³/mol. The number of nitrogens with zero attached hydrogens (tertiary/aromatic N) is 1. The van der Waals surface area contributed by atoms with Crippen molar-refractivity contribution < 1.29 is 18.3 Å². The maximum atomic E-state index is 6.86. The third kappa shape index (κ3) is 10.7. The molecule has 2 aromatic heterocycles. The maximum Gasteiger partial charge on any atom is 0.136 e. The van der Waals surface area contributed by atoms with Crippen LogP contribution in [0.1, 0.15) is 80.6 Å². The van der Waals surface area contributed by atoms with Gasteiger partial charge in [0.2, 0.25) is 0 Å². The van der Waals surface area contributed by atoms with Gasteiger partial charge in [-0.25, -0.2) is 0 Å². The lowest BCUT2D eigenvalue weighted by Crippen LogP contribution is -2.32. The minimum Gasteiger partial charge on any atom is -0.457 e. The lowest BCUT2D eigenvalue weighted by molar-refractivity contribution is 0.436. The molecule has 0 unspecified atom stereocenters. The second-order valence-corrected chi connectivity index (χ2v) is 33.4. The molecular formula is C114H75ClN2O4. The summed E-state index contributed by atoms with van der Waals surface area (Å²) in [5.74, 6) is 3.53. The number of anilines is 5. The largest absolute Gasteiger partial charge is 0.457 e. The molecule has 20 aromatic rings. The molecule has 0 amide bonds. The monoisotopic (exact) mass is 1570 g/mol. The van der Waals surface area contributed by atoms with Crippen LogP contribution in [0.5, 0.6) is 23.0 Å². The van der Waals surface area contributed by atoms with Crippen molar-refractivity contribution >= 4 is 83.9 Å². The molecule has 0 bridgehead atoms. The van der Waals surface area contributed by atoms with Gasteiger partial charge in [-0.1, -0.05) is 305 Å². The van der Waals surface area contributed by atoms with Gasteiger partial charge in [0.15, 0.2) is 0 Å². The van der Waals surface area contributed by atoms with E-state index in [1.165, 1.54) is 106 Å². The van der Waals surface area contributed by atoms with Gasteiger partial charge in [0.05, 0.1) is 10.8 Å². The van der Waals surface area contributed by atoms with Crippen molar-refractivity contribution in [3.63, 3.8) is 0 Å². The zero-order valence-electron chi connectivity index (χ0n) is 66.3. The van der Waals surface area contributed by atoms with E-state index in [1.807, 2.05) is 48.5 Å². The van der Waals surface area contributed by atoms with E-state index >= 15 is 0 Å². The van der Waals surface area contributed by atoms with Gasteiger partial charge < -0.3 is 28.5 Å². The first-order valence-electron chi connectivity index (χ1n) is 41.6. The summed E-state index contributed by atoms with van der Waals surface area (Å²) in [5.41, 5.74) is 38.2. The number of furan rings is 2.